The lowest BCUT2D eigenvalue weighted by atomic mass is 10.2. The molecule has 3 N–H and O–H groups in total. The van der Waals surface area contributed by atoms with Crippen LogP contribution in [0.15, 0.2) is 18.2 Å². The van der Waals surface area contributed by atoms with E-state index in [1.165, 1.54) is 0 Å². The number of carbonyl (C=O) groups is 1. The SMILES string of the molecule is Cc1cccc(N)c1OCC(=O)NCCC#N. The lowest BCUT2D eigenvalue weighted by Crippen LogP contribution is -2.29. The molecule has 0 atom stereocenters. The summed E-state index contributed by atoms with van der Waals surface area (Å²) in [5.41, 5.74) is 7.12. The molecule has 90 valence electrons. The molecular weight excluding hydrogens is 218 g/mol. The van der Waals surface area contributed by atoms with E-state index in [2.05, 4.69) is 5.32 Å². The molecule has 5 heteroatoms. The number of carbonyl (C=O) groups excluding carboxylic acids is 1. The second-order valence-electron chi connectivity index (χ2n) is 3.54. The molecule has 1 rings (SSSR count). The van der Waals surface area contributed by atoms with Gasteiger partial charge in [0.2, 0.25) is 0 Å². The summed E-state index contributed by atoms with van der Waals surface area (Å²) in [6.45, 7) is 2.10. The molecule has 0 heterocycles. The number of nitriles is 1. The molecule has 0 aliphatic rings. The number of hydrogen-bond acceptors (Lipinski definition) is 4. The summed E-state index contributed by atoms with van der Waals surface area (Å²) in [4.78, 5) is 11.3. The molecule has 0 fully saturated rings. The fraction of sp³-hybridized carbons (Fsp3) is 0.333. The van der Waals surface area contributed by atoms with E-state index >= 15 is 0 Å². The molecule has 0 aliphatic carbocycles. The minimum absolute atomic E-state index is 0.0967. The third-order valence-corrected chi connectivity index (χ3v) is 2.15. The van der Waals surface area contributed by atoms with Crippen molar-refractivity contribution in [3.63, 3.8) is 0 Å². The number of anilines is 1. The van der Waals surface area contributed by atoms with E-state index in [9.17, 15) is 4.79 Å². The van der Waals surface area contributed by atoms with Gasteiger partial charge >= 0.3 is 0 Å². The van der Waals surface area contributed by atoms with Crippen LogP contribution in [0.3, 0.4) is 0 Å². The Kier molecular flexibility index (Phi) is 4.82. The van der Waals surface area contributed by atoms with Gasteiger partial charge in [0.25, 0.3) is 5.91 Å². The number of benzene rings is 1. The van der Waals surface area contributed by atoms with Crippen molar-refractivity contribution in [3.05, 3.63) is 23.8 Å². The van der Waals surface area contributed by atoms with E-state index in [0.717, 1.165) is 5.56 Å². The molecule has 1 aromatic rings. The quantitative estimate of drug-likeness (QED) is 0.586. The van der Waals surface area contributed by atoms with Gasteiger partial charge < -0.3 is 15.8 Å². The highest BCUT2D eigenvalue weighted by Crippen LogP contribution is 2.24. The smallest absolute Gasteiger partial charge is 0.257 e. The molecule has 1 amide bonds. The Hall–Kier alpha value is -2.22. The van der Waals surface area contributed by atoms with E-state index in [4.69, 9.17) is 15.7 Å². The van der Waals surface area contributed by atoms with E-state index in [1.807, 2.05) is 25.1 Å². The largest absolute Gasteiger partial charge is 0.481 e. The van der Waals surface area contributed by atoms with Gasteiger partial charge in [0.1, 0.15) is 5.75 Å². The second kappa shape index (κ2) is 6.38. The first-order valence-electron chi connectivity index (χ1n) is 5.26. The predicted octanol–water partition coefficient (Wildman–Crippen LogP) is 0.986. The van der Waals surface area contributed by atoms with E-state index in [-0.39, 0.29) is 18.9 Å². The third kappa shape index (κ3) is 4.03. The Morgan fingerprint density at radius 3 is 3.00 bits per heavy atom. The monoisotopic (exact) mass is 233 g/mol. The Bertz CT molecular complexity index is 418. The topological polar surface area (TPSA) is 88.1 Å². The number of nitrogen functional groups attached to an aromatic ring is 1. The lowest BCUT2D eigenvalue weighted by Gasteiger charge is -2.11. The molecule has 0 aliphatic heterocycles. The van der Waals surface area contributed by atoms with Gasteiger partial charge in [0.05, 0.1) is 18.2 Å². The minimum atomic E-state index is -0.261. The minimum Gasteiger partial charge on any atom is -0.481 e. The van der Waals surface area contributed by atoms with Crippen molar-refractivity contribution in [3.8, 4) is 11.8 Å². The second-order valence-corrected chi connectivity index (χ2v) is 3.54. The van der Waals surface area contributed by atoms with Crippen molar-refractivity contribution < 1.29 is 9.53 Å². The van der Waals surface area contributed by atoms with Crippen molar-refractivity contribution >= 4 is 11.6 Å². The first-order chi connectivity index (χ1) is 8.15. The van der Waals surface area contributed by atoms with Crippen LogP contribution in [0.25, 0.3) is 0 Å². The van der Waals surface area contributed by atoms with Crippen molar-refractivity contribution in [2.45, 2.75) is 13.3 Å². The van der Waals surface area contributed by atoms with Crippen LogP contribution in [-0.2, 0) is 4.79 Å². The molecule has 5 nitrogen and oxygen atoms in total. The molecule has 0 bridgehead atoms. The number of nitrogens with zero attached hydrogens (tertiary/aromatic N) is 1. The van der Waals surface area contributed by atoms with Crippen LogP contribution in [0.4, 0.5) is 5.69 Å². The average molecular weight is 233 g/mol. The van der Waals surface area contributed by atoms with Gasteiger partial charge in [-0.05, 0) is 18.6 Å². The molecule has 0 spiro atoms. The normalized spacial score (nSPS) is 9.41. The van der Waals surface area contributed by atoms with Crippen molar-refractivity contribution in [1.29, 1.82) is 5.26 Å². The summed E-state index contributed by atoms with van der Waals surface area (Å²) in [7, 11) is 0. The fourth-order valence-electron chi connectivity index (χ4n) is 1.32. The van der Waals surface area contributed by atoms with E-state index in [1.54, 1.807) is 6.07 Å². The van der Waals surface area contributed by atoms with Gasteiger partial charge in [-0.3, -0.25) is 4.79 Å². The number of rotatable bonds is 5. The summed E-state index contributed by atoms with van der Waals surface area (Å²) in [5, 5.41) is 10.9. The highest BCUT2D eigenvalue weighted by Gasteiger charge is 2.06. The lowest BCUT2D eigenvalue weighted by molar-refractivity contribution is -0.123. The maximum Gasteiger partial charge on any atom is 0.257 e. The van der Waals surface area contributed by atoms with Gasteiger partial charge in [0.15, 0.2) is 6.61 Å². The summed E-state index contributed by atoms with van der Waals surface area (Å²) in [6, 6.07) is 7.34. The van der Waals surface area contributed by atoms with Crippen molar-refractivity contribution in [2.75, 3.05) is 18.9 Å². The molecule has 17 heavy (non-hydrogen) atoms. The van der Waals surface area contributed by atoms with Crippen LogP contribution in [-0.4, -0.2) is 19.1 Å². The first kappa shape index (κ1) is 12.8. The zero-order valence-electron chi connectivity index (χ0n) is 9.69. The number of nitrogens with one attached hydrogen (secondary N) is 1. The first-order valence-corrected chi connectivity index (χ1v) is 5.26. The number of hydrogen-bond donors (Lipinski definition) is 2. The van der Waals surface area contributed by atoms with Crippen LogP contribution in [0.2, 0.25) is 0 Å². The van der Waals surface area contributed by atoms with Gasteiger partial charge in [-0.2, -0.15) is 5.26 Å². The predicted molar refractivity (Wildman–Crippen MR) is 64.3 cm³/mol. The van der Waals surface area contributed by atoms with Crippen LogP contribution >= 0.6 is 0 Å². The Labute approximate surface area is 100 Å². The molecule has 0 unspecified atom stereocenters. The number of ether oxygens (including phenoxy) is 1. The zero-order chi connectivity index (χ0) is 12.7. The van der Waals surface area contributed by atoms with E-state index < -0.39 is 0 Å². The summed E-state index contributed by atoms with van der Waals surface area (Å²) < 4.78 is 5.34. The van der Waals surface area contributed by atoms with Gasteiger partial charge in [-0.15, -0.1) is 0 Å². The highest BCUT2D eigenvalue weighted by atomic mass is 16.5. The number of nitrogens with two attached hydrogens (primary N) is 1. The van der Waals surface area contributed by atoms with Gasteiger partial charge in [-0.25, -0.2) is 0 Å². The Morgan fingerprint density at radius 1 is 1.59 bits per heavy atom. The Balaban J connectivity index is 2.45. The van der Waals surface area contributed by atoms with Crippen LogP contribution in [0.1, 0.15) is 12.0 Å². The summed E-state index contributed by atoms with van der Waals surface area (Å²) in [5.74, 6) is 0.269. The molecule has 0 radical (unpaired) electrons. The molecule has 1 aromatic carbocycles. The zero-order valence-corrected chi connectivity index (χ0v) is 9.69. The molecule has 0 saturated carbocycles. The van der Waals surface area contributed by atoms with Crippen molar-refractivity contribution in [2.24, 2.45) is 0 Å². The fourth-order valence-corrected chi connectivity index (χ4v) is 1.32. The van der Waals surface area contributed by atoms with Crippen molar-refractivity contribution in [1.82, 2.24) is 5.32 Å². The van der Waals surface area contributed by atoms with Gasteiger partial charge in [-0.1, -0.05) is 12.1 Å². The standard InChI is InChI=1S/C12H15N3O2/c1-9-4-2-5-10(14)12(9)17-8-11(16)15-7-3-6-13/h2,4-5H,3,7-8,14H2,1H3,(H,15,16). The summed E-state index contributed by atoms with van der Waals surface area (Å²) >= 11 is 0. The third-order valence-electron chi connectivity index (χ3n) is 2.15. The van der Waals surface area contributed by atoms with Crippen LogP contribution in [0, 0.1) is 18.3 Å². The molecule has 0 aromatic heterocycles. The number of amides is 1. The highest BCUT2D eigenvalue weighted by molar-refractivity contribution is 5.77. The summed E-state index contributed by atoms with van der Waals surface area (Å²) in [6.07, 6.45) is 0.290. The Morgan fingerprint density at radius 2 is 2.35 bits per heavy atom. The van der Waals surface area contributed by atoms with Gasteiger partial charge in [0, 0.05) is 6.54 Å². The van der Waals surface area contributed by atoms with Crippen LogP contribution in [0.5, 0.6) is 5.75 Å². The molecular formula is C12H15N3O2. The van der Waals surface area contributed by atoms with E-state index in [0.29, 0.717) is 18.0 Å². The number of para-hydroxylation sites is 1. The maximum absolute atomic E-state index is 11.3. The average Bonchev–Trinajstić information content (AvgIpc) is 2.29. The number of aryl methyl sites for hydroxylation is 1. The molecule has 0 saturated heterocycles. The maximum atomic E-state index is 11.3. The van der Waals surface area contributed by atoms with Crippen LogP contribution < -0.4 is 15.8 Å².